The Hall–Kier alpha value is 0.583. The molecule has 0 saturated heterocycles. The Labute approximate surface area is 41.7 Å². The van der Waals surface area contributed by atoms with Gasteiger partial charge in [0.2, 0.25) is 0 Å². The van der Waals surface area contributed by atoms with Crippen LogP contribution in [0, 0.1) is 0 Å². The van der Waals surface area contributed by atoms with E-state index in [0.717, 1.165) is 0 Å². The highest BCUT2D eigenvalue weighted by atomic mass is 28.2. The molecule has 18 valence electrons. The maximum absolute atomic E-state index is 8.40. The van der Waals surface area contributed by atoms with Crippen molar-refractivity contribution in [2.75, 3.05) is 0 Å². The van der Waals surface area contributed by atoms with Gasteiger partial charge in [-0.2, -0.15) is 0 Å². The molecule has 0 spiro atoms. The fraction of sp³-hybridized carbons (Fsp3) is 0. The molecule has 0 aliphatic rings. The van der Waals surface area contributed by atoms with E-state index < -0.39 is 9.29 Å². The van der Waals surface area contributed by atoms with E-state index in [-0.39, 0.29) is 23.1 Å². The molecule has 4 heavy (non-hydrogen) atoms. The molecule has 0 aliphatic carbocycles. The van der Waals surface area contributed by atoms with Crippen LogP contribution in [0.1, 0.15) is 0 Å². The summed E-state index contributed by atoms with van der Waals surface area (Å²) in [4.78, 5) is 0. The molecule has 4 heteroatoms. The van der Waals surface area contributed by atoms with E-state index in [9.17, 15) is 0 Å². The molecule has 2 nitrogen and oxygen atoms in total. The van der Waals surface area contributed by atoms with Crippen LogP contribution in [0.4, 0.5) is 0 Å². The lowest BCUT2D eigenvalue weighted by Crippen LogP contribution is -1.26. The van der Waals surface area contributed by atoms with E-state index in [2.05, 4.69) is 0 Å². The maximum atomic E-state index is 8.40. The Kier molecular flexibility index (Phi) is 21.0. The van der Waals surface area contributed by atoms with Crippen molar-refractivity contribution in [2.45, 2.75) is 0 Å². The Bertz CT molecular complexity index is 27.0. The molecule has 0 atom stereocenters. The lowest BCUT2D eigenvalue weighted by atomic mass is 15.9. The van der Waals surface area contributed by atoms with Crippen LogP contribution in [0.2, 0.25) is 0 Å². The average Bonchev–Trinajstić information content (AvgIpc) is 0.918. The fourth-order valence-electron chi connectivity index (χ4n) is 0. The summed E-state index contributed by atoms with van der Waals surface area (Å²) in [6.07, 6.45) is 0. The van der Waals surface area contributed by atoms with Gasteiger partial charge in [-0.25, -0.2) is 0 Å². The topological polar surface area (TPSA) is 34.1 Å². The minimum atomic E-state index is -1.42. The van der Waals surface area contributed by atoms with Gasteiger partial charge in [0, 0.05) is 23.1 Å². The van der Waals surface area contributed by atoms with E-state index in [0.29, 0.717) is 0 Å². The minimum Gasteiger partial charge on any atom is -0.274 e. The van der Waals surface area contributed by atoms with Crippen LogP contribution in [-0.4, -0.2) is 32.3 Å². The van der Waals surface area contributed by atoms with E-state index in [1.54, 1.807) is 0 Å². The smallest absolute Gasteiger partial charge is 0.274 e. The average molecular weight is 84.4 g/mol. The summed E-state index contributed by atoms with van der Waals surface area (Å²) in [5.41, 5.74) is 0. The minimum absolute atomic E-state index is 0. The second kappa shape index (κ2) is 9.54. The zero-order valence-corrected chi connectivity index (χ0v) is 4.44. The second-order valence-electron chi connectivity index (χ2n) is 0.0833. The molecule has 0 heterocycles. The quantitative estimate of drug-likeness (QED) is 0.353. The predicted octanol–water partition coefficient (Wildman–Crippen LogP) is -0.999. The van der Waals surface area contributed by atoms with Crippen molar-refractivity contribution in [1.29, 1.82) is 0 Å². The van der Waals surface area contributed by atoms with Gasteiger partial charge in [-0.3, -0.25) is 8.92 Å². The van der Waals surface area contributed by atoms with Gasteiger partial charge in [-0.05, 0) is 0 Å². The predicted molar refractivity (Wildman–Crippen MR) is 12.9 cm³/mol. The van der Waals surface area contributed by atoms with E-state index in [1.165, 1.54) is 0 Å². The number of hydrogen-bond donors (Lipinski definition) is 0. The molecule has 0 bridgehead atoms. The van der Waals surface area contributed by atoms with E-state index >= 15 is 0 Å². The Morgan fingerprint density at radius 3 is 1.25 bits per heavy atom. The van der Waals surface area contributed by atoms with Crippen molar-refractivity contribution in [3.63, 3.8) is 0 Å². The summed E-state index contributed by atoms with van der Waals surface area (Å²) in [7, 11) is -1.42. The lowest BCUT2D eigenvalue weighted by molar-refractivity contribution is 0.497. The van der Waals surface area contributed by atoms with Crippen LogP contribution >= 0.6 is 0 Å². The van der Waals surface area contributed by atoms with Crippen LogP contribution in [0.15, 0.2) is 0 Å². The first-order valence-electron chi connectivity index (χ1n) is 0.408. The van der Waals surface area contributed by atoms with Gasteiger partial charge in [-0.15, -0.1) is 0 Å². The molecule has 2 radical (unpaired) electrons. The zero-order valence-electron chi connectivity index (χ0n) is 2.02. The number of hydrogen-bond acceptors (Lipinski definition) is 2. The Morgan fingerprint density at radius 1 is 1.25 bits per heavy atom. The first-order valence-corrected chi connectivity index (χ1v) is 1.22. The van der Waals surface area contributed by atoms with E-state index in [1.807, 2.05) is 0 Å². The summed E-state index contributed by atoms with van der Waals surface area (Å²) >= 11 is 0. The summed E-state index contributed by atoms with van der Waals surface area (Å²) in [6, 6.07) is 0. The summed E-state index contributed by atoms with van der Waals surface area (Å²) in [5.74, 6) is 0. The normalized spacial score (nSPS) is 2.00. The van der Waals surface area contributed by atoms with Crippen molar-refractivity contribution < 1.29 is 8.92 Å². The largest absolute Gasteiger partial charge is 0.549 e. The molecule has 0 saturated carbocycles. The van der Waals surface area contributed by atoms with Gasteiger partial charge < -0.3 is 0 Å². The molecule has 0 N–H and O–H groups in total. The van der Waals surface area contributed by atoms with Crippen LogP contribution < -0.4 is 0 Å². The highest BCUT2D eigenvalue weighted by molar-refractivity contribution is 5.94. The first kappa shape index (κ1) is 8.82. The third-order valence-corrected chi connectivity index (χ3v) is 0. The van der Waals surface area contributed by atoms with Crippen molar-refractivity contribution >= 4 is 32.3 Å². The van der Waals surface area contributed by atoms with Crippen molar-refractivity contribution in [2.24, 2.45) is 0 Å². The monoisotopic (exact) mass is 84.0 g/mol. The molecule has 0 aromatic heterocycles. The maximum Gasteiger partial charge on any atom is 0.549 e. The van der Waals surface area contributed by atoms with Crippen molar-refractivity contribution in [3.8, 4) is 0 Å². The number of rotatable bonds is 0. The third kappa shape index (κ3) is 19.0. The summed E-state index contributed by atoms with van der Waals surface area (Å²) < 4.78 is 16.8. The van der Waals surface area contributed by atoms with E-state index in [4.69, 9.17) is 8.92 Å². The molecule has 0 fully saturated rings. The Morgan fingerprint density at radius 2 is 1.25 bits per heavy atom. The Balaban J connectivity index is 0. The fourth-order valence-corrected chi connectivity index (χ4v) is 0. The molecule has 0 unspecified atom stereocenters. The van der Waals surface area contributed by atoms with Crippen LogP contribution in [0.5, 0.6) is 0 Å². The molecule has 0 aromatic rings. The van der Waals surface area contributed by atoms with Gasteiger partial charge in [-0.1, -0.05) is 0 Å². The molecular weight excluding hydrogens is 84.4 g/mol. The molecule has 0 aromatic carbocycles. The molecular formula is MgO2Si. The molecule has 0 aliphatic heterocycles. The van der Waals surface area contributed by atoms with Gasteiger partial charge in [0.05, 0.1) is 0 Å². The summed E-state index contributed by atoms with van der Waals surface area (Å²) in [5, 5.41) is 0. The molecule has 0 rings (SSSR count). The second-order valence-corrected chi connectivity index (χ2v) is 0.250. The van der Waals surface area contributed by atoms with Crippen LogP contribution in [-0.2, 0) is 8.92 Å². The lowest BCUT2D eigenvalue weighted by Gasteiger charge is -0.944. The highest BCUT2D eigenvalue weighted by Crippen LogP contribution is 0.759. The third-order valence-electron chi connectivity index (χ3n) is 0. The first-order chi connectivity index (χ1) is 1.41. The standard InChI is InChI=1S/Mg.O2Si/c;1-3-2. The highest BCUT2D eigenvalue weighted by Gasteiger charge is 1.22. The summed E-state index contributed by atoms with van der Waals surface area (Å²) in [6.45, 7) is 0. The van der Waals surface area contributed by atoms with Crippen molar-refractivity contribution in [1.82, 2.24) is 0 Å². The van der Waals surface area contributed by atoms with Crippen LogP contribution in [0.25, 0.3) is 0 Å². The van der Waals surface area contributed by atoms with Crippen molar-refractivity contribution in [3.05, 3.63) is 0 Å². The van der Waals surface area contributed by atoms with Gasteiger partial charge >= 0.3 is 9.29 Å². The molecule has 0 amide bonds. The SMILES string of the molecule is O=[Si]=O.[Mg]. The van der Waals surface area contributed by atoms with Gasteiger partial charge in [0.25, 0.3) is 0 Å². The van der Waals surface area contributed by atoms with Gasteiger partial charge in [0.1, 0.15) is 0 Å². The van der Waals surface area contributed by atoms with Gasteiger partial charge in [0.15, 0.2) is 0 Å². The van der Waals surface area contributed by atoms with Crippen LogP contribution in [0.3, 0.4) is 0 Å². The zero-order chi connectivity index (χ0) is 2.71.